The van der Waals surface area contributed by atoms with Gasteiger partial charge in [0.1, 0.15) is 24.7 Å². The highest BCUT2D eigenvalue weighted by atomic mass is 19.4. The van der Waals surface area contributed by atoms with E-state index in [1.165, 1.54) is 12.3 Å². The van der Waals surface area contributed by atoms with Crippen LogP contribution in [-0.2, 0) is 18.4 Å². The van der Waals surface area contributed by atoms with Gasteiger partial charge >= 0.3 is 6.18 Å². The van der Waals surface area contributed by atoms with Crippen molar-refractivity contribution < 1.29 is 22.7 Å². The number of nitrogens with one attached hydrogen (secondary N) is 1. The Bertz CT molecular complexity index is 1310. The monoisotopic (exact) mass is 466 g/mol. The van der Waals surface area contributed by atoms with Crippen molar-refractivity contribution in [2.45, 2.75) is 12.8 Å². The number of para-hydroxylation sites is 2. The number of amides is 1. The third-order valence-electron chi connectivity index (χ3n) is 5.10. The van der Waals surface area contributed by atoms with Gasteiger partial charge in [0, 0.05) is 25.0 Å². The van der Waals surface area contributed by atoms with Gasteiger partial charge in [-0.2, -0.15) is 13.2 Å². The largest absolute Gasteiger partial charge is 0.486 e. The highest BCUT2D eigenvalue weighted by Gasteiger charge is 2.28. The van der Waals surface area contributed by atoms with Gasteiger partial charge in [-0.1, -0.05) is 30.3 Å². The SMILES string of the molecule is Cn1c(COc2ccc(/C(=C/c3cccnc3)C(=O)NCC(F)(F)F)cc2)nc2ccccc21. The summed E-state index contributed by atoms with van der Waals surface area (Å²) in [7, 11) is 1.91. The Hall–Kier alpha value is -4.14. The van der Waals surface area contributed by atoms with Crippen molar-refractivity contribution in [1.29, 1.82) is 0 Å². The van der Waals surface area contributed by atoms with Crippen molar-refractivity contribution in [1.82, 2.24) is 19.9 Å². The maximum atomic E-state index is 12.6. The Labute approximate surface area is 193 Å². The average Bonchev–Trinajstić information content (AvgIpc) is 3.16. The fraction of sp³-hybridized carbons (Fsp3) is 0.160. The molecule has 0 atom stereocenters. The van der Waals surface area contributed by atoms with Crippen molar-refractivity contribution in [2.75, 3.05) is 6.54 Å². The van der Waals surface area contributed by atoms with Gasteiger partial charge in [-0.25, -0.2) is 4.98 Å². The van der Waals surface area contributed by atoms with E-state index in [-0.39, 0.29) is 12.2 Å². The van der Waals surface area contributed by atoms with Crippen LogP contribution >= 0.6 is 0 Å². The summed E-state index contributed by atoms with van der Waals surface area (Å²) >= 11 is 0. The van der Waals surface area contributed by atoms with Gasteiger partial charge in [0.25, 0.3) is 5.91 Å². The summed E-state index contributed by atoms with van der Waals surface area (Å²) in [6, 6.07) is 17.7. The number of rotatable bonds is 7. The smallest absolute Gasteiger partial charge is 0.405 e. The molecule has 0 bridgehead atoms. The highest BCUT2D eigenvalue weighted by Crippen LogP contribution is 2.23. The minimum Gasteiger partial charge on any atom is -0.486 e. The van der Waals surface area contributed by atoms with E-state index in [1.807, 2.05) is 41.2 Å². The van der Waals surface area contributed by atoms with Gasteiger partial charge in [-0.3, -0.25) is 9.78 Å². The van der Waals surface area contributed by atoms with Crippen LogP contribution in [0.4, 0.5) is 13.2 Å². The molecule has 4 rings (SSSR count). The molecule has 2 aromatic carbocycles. The van der Waals surface area contributed by atoms with E-state index in [9.17, 15) is 18.0 Å². The number of hydrogen-bond acceptors (Lipinski definition) is 4. The van der Waals surface area contributed by atoms with Crippen LogP contribution in [0.1, 0.15) is 17.0 Å². The first-order valence-electron chi connectivity index (χ1n) is 10.4. The number of imidazole rings is 1. The van der Waals surface area contributed by atoms with Crippen molar-refractivity contribution >= 4 is 28.6 Å². The molecule has 0 saturated heterocycles. The maximum Gasteiger partial charge on any atom is 0.405 e. The molecular weight excluding hydrogens is 445 g/mol. The Kier molecular flexibility index (Phi) is 6.62. The van der Waals surface area contributed by atoms with Crippen molar-refractivity contribution in [3.63, 3.8) is 0 Å². The molecule has 2 aromatic heterocycles. The minimum absolute atomic E-state index is 0.0825. The second-order valence-electron chi connectivity index (χ2n) is 7.53. The molecular formula is C25H21F3N4O2. The predicted octanol–water partition coefficient (Wildman–Crippen LogP) is 4.77. The molecule has 0 saturated carbocycles. The molecule has 0 aliphatic rings. The molecule has 0 aliphatic carbocycles. The summed E-state index contributed by atoms with van der Waals surface area (Å²) in [5, 5.41) is 1.93. The van der Waals surface area contributed by atoms with Crippen LogP contribution < -0.4 is 10.1 Å². The Morgan fingerprint density at radius 1 is 1.09 bits per heavy atom. The van der Waals surface area contributed by atoms with E-state index in [0.717, 1.165) is 16.9 Å². The molecule has 0 radical (unpaired) electrons. The summed E-state index contributed by atoms with van der Waals surface area (Å²) in [5.41, 5.74) is 2.97. The molecule has 2 heterocycles. The number of alkyl halides is 3. The topological polar surface area (TPSA) is 69.0 Å². The molecule has 9 heteroatoms. The van der Waals surface area contributed by atoms with E-state index in [0.29, 0.717) is 16.9 Å². The molecule has 1 N–H and O–H groups in total. The summed E-state index contributed by atoms with van der Waals surface area (Å²) in [4.78, 5) is 21.1. The minimum atomic E-state index is -4.51. The molecule has 4 aromatic rings. The Morgan fingerprint density at radius 3 is 2.53 bits per heavy atom. The first-order valence-corrected chi connectivity index (χ1v) is 10.4. The highest BCUT2D eigenvalue weighted by molar-refractivity contribution is 6.24. The molecule has 34 heavy (non-hydrogen) atoms. The summed E-state index contributed by atoms with van der Waals surface area (Å²) in [5.74, 6) is 0.441. The number of hydrogen-bond donors (Lipinski definition) is 1. The number of carbonyl (C=O) groups is 1. The number of ether oxygens (including phenoxy) is 1. The lowest BCUT2D eigenvalue weighted by Gasteiger charge is -2.12. The van der Waals surface area contributed by atoms with E-state index >= 15 is 0 Å². The van der Waals surface area contributed by atoms with E-state index in [4.69, 9.17) is 4.74 Å². The van der Waals surface area contributed by atoms with Crippen LogP contribution in [0.5, 0.6) is 5.75 Å². The van der Waals surface area contributed by atoms with Gasteiger partial charge < -0.3 is 14.6 Å². The second-order valence-corrected chi connectivity index (χ2v) is 7.53. The van der Waals surface area contributed by atoms with Gasteiger partial charge in [0.2, 0.25) is 0 Å². The molecule has 0 spiro atoms. The molecule has 0 unspecified atom stereocenters. The molecule has 174 valence electrons. The van der Waals surface area contributed by atoms with Crippen molar-refractivity contribution in [2.24, 2.45) is 7.05 Å². The van der Waals surface area contributed by atoms with E-state index < -0.39 is 18.6 Å². The quantitative estimate of drug-likeness (QED) is 0.399. The van der Waals surface area contributed by atoms with Gasteiger partial charge in [-0.15, -0.1) is 0 Å². The van der Waals surface area contributed by atoms with Crippen LogP contribution in [0.25, 0.3) is 22.7 Å². The van der Waals surface area contributed by atoms with Crippen LogP contribution in [0.2, 0.25) is 0 Å². The zero-order valence-electron chi connectivity index (χ0n) is 18.2. The molecule has 0 aliphatic heterocycles. The Morgan fingerprint density at radius 2 is 1.85 bits per heavy atom. The van der Waals surface area contributed by atoms with Gasteiger partial charge in [0.05, 0.1) is 11.0 Å². The van der Waals surface area contributed by atoms with Crippen LogP contribution in [0.15, 0.2) is 73.1 Å². The average molecular weight is 466 g/mol. The van der Waals surface area contributed by atoms with Gasteiger partial charge in [0.15, 0.2) is 0 Å². The van der Waals surface area contributed by atoms with Crippen molar-refractivity contribution in [3.05, 3.63) is 90.0 Å². The molecule has 1 amide bonds. The van der Waals surface area contributed by atoms with Crippen molar-refractivity contribution in [3.8, 4) is 5.75 Å². The second kappa shape index (κ2) is 9.78. The molecule has 6 nitrogen and oxygen atoms in total. The third-order valence-corrected chi connectivity index (χ3v) is 5.10. The predicted molar refractivity (Wildman–Crippen MR) is 123 cm³/mol. The number of nitrogens with zero attached hydrogens (tertiary/aromatic N) is 3. The first-order chi connectivity index (χ1) is 16.3. The number of benzene rings is 2. The lowest BCUT2D eigenvalue weighted by Crippen LogP contribution is -2.34. The standard InChI is InChI=1S/C25H21F3N4O2/c1-32-22-7-3-2-6-21(22)31-23(32)15-34-19-10-8-18(9-11-19)20(13-17-5-4-12-29-14-17)24(33)30-16-25(26,27)28/h2-14H,15-16H2,1H3,(H,30,33)/b20-13-. The number of aryl methyl sites for hydroxylation is 1. The van der Waals surface area contributed by atoms with E-state index in [1.54, 1.807) is 42.6 Å². The fourth-order valence-electron chi connectivity index (χ4n) is 3.39. The lowest BCUT2D eigenvalue weighted by molar-refractivity contribution is -0.135. The number of fused-ring (bicyclic) bond motifs is 1. The zero-order valence-corrected chi connectivity index (χ0v) is 18.2. The third kappa shape index (κ3) is 5.61. The van der Waals surface area contributed by atoms with Crippen LogP contribution in [0, 0.1) is 0 Å². The van der Waals surface area contributed by atoms with Crippen LogP contribution in [-0.4, -0.2) is 33.2 Å². The number of aromatic nitrogens is 3. The maximum absolute atomic E-state index is 12.6. The number of halogens is 3. The summed E-state index contributed by atoms with van der Waals surface area (Å²) in [6.45, 7) is -1.19. The lowest BCUT2D eigenvalue weighted by atomic mass is 10.0. The summed E-state index contributed by atoms with van der Waals surface area (Å²) in [6.07, 6.45) is 0.0688. The van der Waals surface area contributed by atoms with Gasteiger partial charge in [-0.05, 0) is 47.5 Å². The molecule has 0 fully saturated rings. The van der Waals surface area contributed by atoms with Crippen LogP contribution in [0.3, 0.4) is 0 Å². The number of pyridine rings is 1. The normalized spacial score (nSPS) is 12.1. The van der Waals surface area contributed by atoms with E-state index in [2.05, 4.69) is 9.97 Å². The first kappa shape index (κ1) is 23.0. The zero-order chi connectivity index (χ0) is 24.1. The Balaban J connectivity index is 1.52. The number of carbonyl (C=O) groups excluding carboxylic acids is 1. The summed E-state index contributed by atoms with van der Waals surface area (Å²) < 4.78 is 45.6. The fourth-order valence-corrected chi connectivity index (χ4v) is 3.39.